The fourth-order valence-corrected chi connectivity index (χ4v) is 2.73. The van der Waals surface area contributed by atoms with E-state index in [1.54, 1.807) is 38.3 Å². The van der Waals surface area contributed by atoms with Crippen LogP contribution in [0.5, 0.6) is 11.5 Å². The van der Waals surface area contributed by atoms with E-state index in [0.717, 1.165) is 11.3 Å². The minimum atomic E-state index is -0.580. The second-order valence-corrected chi connectivity index (χ2v) is 7.87. The highest BCUT2D eigenvalue weighted by Crippen LogP contribution is 2.33. The van der Waals surface area contributed by atoms with Crippen LogP contribution in [0.3, 0.4) is 0 Å². The Balaban J connectivity index is 2.12. The molecule has 0 saturated carbocycles. The zero-order valence-corrected chi connectivity index (χ0v) is 17.5. The predicted molar refractivity (Wildman–Crippen MR) is 114 cm³/mol. The van der Waals surface area contributed by atoms with Crippen molar-refractivity contribution >= 4 is 17.7 Å². The van der Waals surface area contributed by atoms with Gasteiger partial charge >= 0.3 is 6.09 Å². The molecule has 0 bridgehead atoms. The van der Waals surface area contributed by atoms with Gasteiger partial charge in [0.2, 0.25) is 0 Å². The summed E-state index contributed by atoms with van der Waals surface area (Å²) in [7, 11) is 1.61. The molecule has 0 radical (unpaired) electrons. The van der Waals surface area contributed by atoms with E-state index in [1.165, 1.54) is 0 Å². The number of amides is 2. The molecule has 6 nitrogen and oxygen atoms in total. The molecule has 0 aliphatic heterocycles. The Labute approximate surface area is 171 Å². The largest absolute Gasteiger partial charge is 0.497 e. The molecule has 2 amide bonds. The molecule has 0 aliphatic carbocycles. The monoisotopic (exact) mass is 396 g/mol. The van der Waals surface area contributed by atoms with Gasteiger partial charge in [-0.25, -0.2) is 4.79 Å². The van der Waals surface area contributed by atoms with Crippen LogP contribution in [0.25, 0.3) is 0 Å². The van der Waals surface area contributed by atoms with E-state index in [4.69, 9.17) is 9.47 Å². The van der Waals surface area contributed by atoms with Crippen molar-refractivity contribution in [2.45, 2.75) is 33.7 Å². The number of ether oxygens (including phenoxy) is 2. The van der Waals surface area contributed by atoms with Crippen LogP contribution in [0.4, 0.5) is 10.5 Å². The lowest BCUT2D eigenvalue weighted by atomic mass is 9.82. The van der Waals surface area contributed by atoms with E-state index in [2.05, 4.69) is 17.2 Å². The number of nitrogens with one attached hydrogen (secondary N) is 2. The maximum Gasteiger partial charge on any atom is 0.413 e. The van der Waals surface area contributed by atoms with Crippen LogP contribution in [0.2, 0.25) is 0 Å². The average molecular weight is 396 g/mol. The Morgan fingerprint density at radius 3 is 2.24 bits per heavy atom. The number of hydrogen-bond acceptors (Lipinski definition) is 4. The van der Waals surface area contributed by atoms with Gasteiger partial charge in [0.1, 0.15) is 11.5 Å². The quantitative estimate of drug-likeness (QED) is 0.667. The van der Waals surface area contributed by atoms with Gasteiger partial charge in [0.15, 0.2) is 0 Å². The molecule has 2 aromatic carbocycles. The van der Waals surface area contributed by atoms with Crippen molar-refractivity contribution in [2.75, 3.05) is 12.4 Å². The summed E-state index contributed by atoms with van der Waals surface area (Å²) in [6, 6.07) is 13.9. The molecule has 29 heavy (non-hydrogen) atoms. The van der Waals surface area contributed by atoms with Gasteiger partial charge in [-0.1, -0.05) is 45.5 Å². The van der Waals surface area contributed by atoms with Crippen molar-refractivity contribution in [1.29, 1.82) is 0 Å². The predicted octanol–water partition coefficient (Wildman–Crippen LogP) is 5.09. The van der Waals surface area contributed by atoms with Crippen molar-refractivity contribution in [2.24, 2.45) is 5.41 Å². The second kappa shape index (κ2) is 9.28. The summed E-state index contributed by atoms with van der Waals surface area (Å²) in [4.78, 5) is 24.3. The lowest BCUT2D eigenvalue weighted by Gasteiger charge is -2.31. The highest BCUT2D eigenvalue weighted by atomic mass is 16.6. The van der Waals surface area contributed by atoms with Crippen LogP contribution in [0.1, 0.15) is 39.3 Å². The molecule has 0 spiro atoms. The summed E-state index contributed by atoms with van der Waals surface area (Å²) in [5.74, 6) is 0.779. The van der Waals surface area contributed by atoms with Crippen molar-refractivity contribution < 1.29 is 19.1 Å². The third-order valence-corrected chi connectivity index (χ3v) is 4.27. The van der Waals surface area contributed by atoms with Crippen LogP contribution < -0.4 is 20.1 Å². The van der Waals surface area contributed by atoms with E-state index in [-0.39, 0.29) is 17.4 Å². The van der Waals surface area contributed by atoms with Crippen LogP contribution in [-0.2, 0) is 4.79 Å². The van der Waals surface area contributed by atoms with E-state index >= 15 is 0 Å². The fraction of sp³-hybridized carbons (Fsp3) is 0.304. The van der Waals surface area contributed by atoms with Crippen molar-refractivity contribution in [3.63, 3.8) is 0 Å². The Hall–Kier alpha value is -3.28. The topological polar surface area (TPSA) is 76.7 Å². The molecule has 6 heteroatoms. The second-order valence-electron chi connectivity index (χ2n) is 7.87. The van der Waals surface area contributed by atoms with E-state index in [0.29, 0.717) is 17.0 Å². The zero-order chi connectivity index (χ0) is 21.6. The molecule has 1 unspecified atom stereocenters. The molecule has 2 aromatic rings. The number of hydrogen-bond donors (Lipinski definition) is 2. The highest BCUT2D eigenvalue weighted by molar-refractivity contribution is 6.02. The first-order valence-corrected chi connectivity index (χ1v) is 9.29. The fourth-order valence-electron chi connectivity index (χ4n) is 2.73. The van der Waals surface area contributed by atoms with Gasteiger partial charge in [-0.2, -0.15) is 0 Å². The number of carbonyl (C=O) groups is 2. The van der Waals surface area contributed by atoms with Gasteiger partial charge in [-0.15, -0.1) is 0 Å². The first-order valence-electron chi connectivity index (χ1n) is 9.29. The molecule has 154 valence electrons. The first-order chi connectivity index (χ1) is 13.6. The average Bonchev–Trinajstić information content (AvgIpc) is 2.65. The van der Waals surface area contributed by atoms with Crippen molar-refractivity contribution in [3.05, 3.63) is 66.2 Å². The third kappa shape index (κ3) is 6.38. The van der Waals surface area contributed by atoms with Gasteiger partial charge in [-0.3, -0.25) is 4.79 Å². The minimum Gasteiger partial charge on any atom is -0.497 e. The molecule has 0 fully saturated rings. The minimum absolute atomic E-state index is 0.245. The Bertz CT molecular complexity index is 882. The molecule has 1 atom stereocenters. The Morgan fingerprint density at radius 1 is 1.03 bits per heavy atom. The third-order valence-electron chi connectivity index (χ3n) is 4.27. The van der Waals surface area contributed by atoms with E-state index in [9.17, 15) is 9.59 Å². The summed E-state index contributed by atoms with van der Waals surface area (Å²) in [6.07, 6.45) is -0.580. The number of benzene rings is 2. The van der Waals surface area contributed by atoms with Gasteiger partial charge in [-0.05, 0) is 42.2 Å². The standard InChI is InChI=1S/C23H28N2O4/c1-15(2)21(26)24-17-8-7-9-19(14-17)29-22(27)25-20(23(3,4)5)16-10-12-18(28-6)13-11-16/h7-14,20H,1H2,2-6H3,(H,24,26)(H,25,27). The number of anilines is 1. The summed E-state index contributed by atoms with van der Waals surface area (Å²) < 4.78 is 10.6. The van der Waals surface area contributed by atoms with Gasteiger partial charge in [0.05, 0.1) is 13.2 Å². The van der Waals surface area contributed by atoms with Gasteiger partial charge in [0, 0.05) is 17.3 Å². The van der Waals surface area contributed by atoms with E-state index in [1.807, 2.05) is 45.0 Å². The smallest absolute Gasteiger partial charge is 0.413 e. The lowest BCUT2D eigenvalue weighted by Crippen LogP contribution is -2.38. The SMILES string of the molecule is C=C(C)C(=O)Nc1cccc(OC(=O)NC(c2ccc(OC)cc2)C(C)(C)C)c1. The van der Waals surface area contributed by atoms with E-state index < -0.39 is 6.09 Å². The maximum absolute atomic E-state index is 12.5. The van der Waals surface area contributed by atoms with Crippen molar-refractivity contribution in [1.82, 2.24) is 5.32 Å². The van der Waals surface area contributed by atoms with Crippen LogP contribution in [0, 0.1) is 5.41 Å². The van der Waals surface area contributed by atoms with Gasteiger partial charge < -0.3 is 20.1 Å². The summed E-state index contributed by atoms with van der Waals surface area (Å²) >= 11 is 0. The molecule has 0 aliphatic rings. The lowest BCUT2D eigenvalue weighted by molar-refractivity contribution is -0.112. The molecule has 0 aromatic heterocycles. The summed E-state index contributed by atoms with van der Waals surface area (Å²) in [5, 5.41) is 5.63. The first kappa shape index (κ1) is 22.0. The molecule has 0 heterocycles. The van der Waals surface area contributed by atoms with Crippen molar-refractivity contribution in [3.8, 4) is 11.5 Å². The molecular weight excluding hydrogens is 368 g/mol. The highest BCUT2D eigenvalue weighted by Gasteiger charge is 2.28. The van der Waals surface area contributed by atoms with Crippen LogP contribution in [-0.4, -0.2) is 19.1 Å². The molecule has 2 rings (SSSR count). The van der Waals surface area contributed by atoms with Crippen LogP contribution >= 0.6 is 0 Å². The normalized spacial score (nSPS) is 11.9. The summed E-state index contributed by atoms with van der Waals surface area (Å²) in [5.41, 5.74) is 1.61. The number of methoxy groups -OCH3 is 1. The number of rotatable bonds is 6. The molecule has 0 saturated heterocycles. The summed E-state index contributed by atoms with van der Waals surface area (Å²) in [6.45, 7) is 11.3. The molecular formula is C23H28N2O4. The molecule has 2 N–H and O–H groups in total. The Kier molecular flexibility index (Phi) is 7.04. The van der Waals surface area contributed by atoms with Crippen LogP contribution in [0.15, 0.2) is 60.7 Å². The van der Waals surface area contributed by atoms with Gasteiger partial charge in [0.25, 0.3) is 5.91 Å². The maximum atomic E-state index is 12.5. The Morgan fingerprint density at radius 2 is 1.69 bits per heavy atom. The number of carbonyl (C=O) groups excluding carboxylic acids is 2. The zero-order valence-electron chi connectivity index (χ0n) is 17.5.